The topological polar surface area (TPSA) is 59.7 Å². The van der Waals surface area contributed by atoms with E-state index in [-0.39, 0.29) is 0 Å². The second kappa shape index (κ2) is 8.70. The highest BCUT2D eigenvalue weighted by Crippen LogP contribution is 2.12. The first-order chi connectivity index (χ1) is 14.2. The molecule has 7 heteroatoms. The van der Waals surface area contributed by atoms with E-state index in [1.807, 2.05) is 58.2 Å². The van der Waals surface area contributed by atoms with E-state index in [1.54, 1.807) is 6.20 Å². The van der Waals surface area contributed by atoms with Crippen LogP contribution in [0, 0.1) is 6.92 Å². The van der Waals surface area contributed by atoms with Gasteiger partial charge in [0.2, 0.25) is 0 Å². The molecule has 4 rings (SSSR count). The quantitative estimate of drug-likeness (QED) is 0.471. The minimum Gasteiger partial charge on any atom is -0.330 e. The van der Waals surface area contributed by atoms with E-state index in [2.05, 4.69) is 52.0 Å². The lowest BCUT2D eigenvalue weighted by Crippen LogP contribution is -2.19. The van der Waals surface area contributed by atoms with Crippen molar-refractivity contribution in [3.05, 3.63) is 95.9 Å². The zero-order chi connectivity index (χ0) is 20.1. The van der Waals surface area contributed by atoms with Gasteiger partial charge in [0, 0.05) is 18.5 Å². The van der Waals surface area contributed by atoms with Crippen LogP contribution in [0.4, 0.5) is 11.5 Å². The van der Waals surface area contributed by atoms with E-state index in [1.165, 1.54) is 16.7 Å². The predicted molar refractivity (Wildman–Crippen MR) is 120 cm³/mol. The molecule has 0 spiro atoms. The van der Waals surface area contributed by atoms with Gasteiger partial charge < -0.3 is 10.6 Å². The normalized spacial score (nSPS) is 10.7. The summed E-state index contributed by atoms with van der Waals surface area (Å²) in [5, 5.41) is 15.7. The number of nitrogens with one attached hydrogen (secondary N) is 2. The highest BCUT2D eigenvalue weighted by molar-refractivity contribution is 7.80. The molecule has 0 aliphatic carbocycles. The molecule has 0 aliphatic heterocycles. The first-order valence-electron chi connectivity index (χ1n) is 9.38. The van der Waals surface area contributed by atoms with E-state index in [0.717, 1.165) is 12.2 Å². The average Bonchev–Trinajstić information content (AvgIpc) is 3.34. The maximum Gasteiger partial charge on any atom is 0.176 e. The molecule has 0 amide bonds. The highest BCUT2D eigenvalue weighted by atomic mass is 32.1. The van der Waals surface area contributed by atoms with Gasteiger partial charge in [-0.2, -0.15) is 10.2 Å². The molecule has 2 N–H and O–H groups in total. The van der Waals surface area contributed by atoms with Crippen molar-refractivity contribution in [3.63, 3.8) is 0 Å². The standard InChI is InChI=1S/C22H22N6S/c1-17-7-5-6-10-19(17)15-28-16-20(13-23-28)24-22(29)25-21-11-12-27(26-21)14-18-8-3-2-4-9-18/h2-13,16H,14-15H2,1H3,(H2,24,25,26,29). The summed E-state index contributed by atoms with van der Waals surface area (Å²) in [5.41, 5.74) is 4.52. The fourth-order valence-corrected chi connectivity index (χ4v) is 3.26. The van der Waals surface area contributed by atoms with Crippen LogP contribution >= 0.6 is 12.2 Å². The molecule has 146 valence electrons. The Hall–Kier alpha value is -3.45. The third kappa shape index (κ3) is 5.08. The van der Waals surface area contributed by atoms with Gasteiger partial charge in [0.25, 0.3) is 0 Å². The molecule has 2 heterocycles. The molecule has 0 saturated carbocycles. The Morgan fingerprint density at radius 2 is 1.72 bits per heavy atom. The maximum atomic E-state index is 5.41. The van der Waals surface area contributed by atoms with Crippen molar-refractivity contribution in [3.8, 4) is 0 Å². The minimum atomic E-state index is 0.477. The Morgan fingerprint density at radius 3 is 2.55 bits per heavy atom. The van der Waals surface area contributed by atoms with E-state index < -0.39 is 0 Å². The molecule has 29 heavy (non-hydrogen) atoms. The van der Waals surface area contributed by atoms with Crippen LogP contribution in [-0.4, -0.2) is 24.7 Å². The van der Waals surface area contributed by atoms with Gasteiger partial charge in [0.15, 0.2) is 10.9 Å². The summed E-state index contributed by atoms with van der Waals surface area (Å²) >= 11 is 5.41. The number of rotatable bonds is 6. The van der Waals surface area contributed by atoms with Gasteiger partial charge in [-0.15, -0.1) is 0 Å². The first-order valence-corrected chi connectivity index (χ1v) is 9.79. The Morgan fingerprint density at radius 1 is 0.931 bits per heavy atom. The SMILES string of the molecule is Cc1ccccc1Cn1cc(NC(=S)Nc2ccn(Cc3ccccc3)n2)cn1. The summed E-state index contributed by atoms with van der Waals surface area (Å²) in [5.74, 6) is 0.700. The van der Waals surface area contributed by atoms with Gasteiger partial charge in [0.1, 0.15) is 0 Å². The van der Waals surface area contributed by atoms with Gasteiger partial charge in [-0.25, -0.2) is 0 Å². The molecule has 0 bridgehead atoms. The smallest absolute Gasteiger partial charge is 0.176 e. The van der Waals surface area contributed by atoms with Crippen molar-refractivity contribution in [2.24, 2.45) is 0 Å². The minimum absolute atomic E-state index is 0.477. The molecule has 0 saturated heterocycles. The van der Waals surface area contributed by atoms with E-state index >= 15 is 0 Å². The Balaban J connectivity index is 1.32. The van der Waals surface area contributed by atoms with E-state index in [0.29, 0.717) is 17.5 Å². The third-order valence-corrected chi connectivity index (χ3v) is 4.76. The van der Waals surface area contributed by atoms with Crippen LogP contribution in [0.2, 0.25) is 0 Å². The molecule has 2 aromatic carbocycles. The van der Waals surface area contributed by atoms with Gasteiger partial charge in [-0.3, -0.25) is 9.36 Å². The molecule has 0 unspecified atom stereocenters. The Labute approximate surface area is 175 Å². The number of hydrogen-bond acceptors (Lipinski definition) is 3. The van der Waals surface area contributed by atoms with Crippen molar-refractivity contribution in [1.82, 2.24) is 19.6 Å². The van der Waals surface area contributed by atoms with E-state index in [9.17, 15) is 0 Å². The lowest BCUT2D eigenvalue weighted by atomic mass is 10.1. The maximum absolute atomic E-state index is 5.41. The molecular weight excluding hydrogens is 380 g/mol. The summed E-state index contributed by atoms with van der Waals surface area (Å²) in [6.07, 6.45) is 5.63. The summed E-state index contributed by atoms with van der Waals surface area (Å²) in [6.45, 7) is 3.54. The lowest BCUT2D eigenvalue weighted by molar-refractivity contribution is 0.684. The predicted octanol–water partition coefficient (Wildman–Crippen LogP) is 4.29. The van der Waals surface area contributed by atoms with Crippen LogP contribution in [0.3, 0.4) is 0 Å². The zero-order valence-electron chi connectivity index (χ0n) is 16.1. The molecule has 0 fully saturated rings. The number of nitrogens with zero attached hydrogens (tertiary/aromatic N) is 4. The van der Waals surface area contributed by atoms with Gasteiger partial charge in [0.05, 0.1) is 25.0 Å². The van der Waals surface area contributed by atoms with Crippen LogP contribution in [0.25, 0.3) is 0 Å². The second-order valence-electron chi connectivity index (χ2n) is 6.82. The number of aromatic nitrogens is 4. The number of benzene rings is 2. The van der Waals surface area contributed by atoms with Crippen LogP contribution in [0.15, 0.2) is 79.3 Å². The van der Waals surface area contributed by atoms with Crippen molar-refractivity contribution in [1.29, 1.82) is 0 Å². The van der Waals surface area contributed by atoms with Crippen molar-refractivity contribution < 1.29 is 0 Å². The van der Waals surface area contributed by atoms with Crippen molar-refractivity contribution >= 4 is 28.8 Å². The summed E-state index contributed by atoms with van der Waals surface area (Å²) in [4.78, 5) is 0. The Bertz CT molecular complexity index is 1100. The monoisotopic (exact) mass is 402 g/mol. The fourth-order valence-electron chi connectivity index (χ4n) is 3.04. The summed E-state index contributed by atoms with van der Waals surface area (Å²) < 4.78 is 3.77. The average molecular weight is 403 g/mol. The second-order valence-corrected chi connectivity index (χ2v) is 7.22. The lowest BCUT2D eigenvalue weighted by Gasteiger charge is -2.07. The number of anilines is 2. The third-order valence-electron chi connectivity index (χ3n) is 4.55. The van der Waals surface area contributed by atoms with Crippen molar-refractivity contribution in [2.75, 3.05) is 10.6 Å². The number of hydrogen-bond donors (Lipinski definition) is 2. The van der Waals surface area contributed by atoms with Crippen molar-refractivity contribution in [2.45, 2.75) is 20.0 Å². The van der Waals surface area contributed by atoms with Crippen LogP contribution < -0.4 is 10.6 Å². The molecule has 0 atom stereocenters. The summed E-state index contributed by atoms with van der Waals surface area (Å²) in [6, 6.07) is 20.4. The molecule has 0 radical (unpaired) electrons. The van der Waals surface area contributed by atoms with Gasteiger partial charge in [-0.1, -0.05) is 54.6 Å². The molecular formula is C22H22N6S. The van der Waals surface area contributed by atoms with Gasteiger partial charge >= 0.3 is 0 Å². The first kappa shape index (κ1) is 18.9. The van der Waals surface area contributed by atoms with Gasteiger partial charge in [-0.05, 0) is 35.8 Å². The number of thiocarbonyl (C=S) groups is 1. The highest BCUT2D eigenvalue weighted by Gasteiger charge is 2.06. The van der Waals surface area contributed by atoms with E-state index in [4.69, 9.17) is 12.2 Å². The van der Waals surface area contributed by atoms with Crippen LogP contribution in [0.1, 0.15) is 16.7 Å². The van der Waals surface area contributed by atoms with Crippen LogP contribution in [0.5, 0.6) is 0 Å². The molecule has 6 nitrogen and oxygen atoms in total. The summed E-state index contributed by atoms with van der Waals surface area (Å²) in [7, 11) is 0. The van der Waals surface area contributed by atoms with Crippen LogP contribution in [-0.2, 0) is 13.1 Å². The zero-order valence-corrected chi connectivity index (χ0v) is 16.9. The fraction of sp³-hybridized carbons (Fsp3) is 0.136. The largest absolute Gasteiger partial charge is 0.330 e. The number of aryl methyl sites for hydroxylation is 1. The molecule has 0 aliphatic rings. The molecule has 4 aromatic rings. The Kier molecular flexibility index (Phi) is 5.67. The molecule has 2 aromatic heterocycles.